The first-order chi connectivity index (χ1) is 18.1. The number of hydrogen-bond acceptors (Lipinski definition) is 8. The summed E-state index contributed by atoms with van der Waals surface area (Å²) in [5.74, 6) is -3.74. The molecule has 1 fully saturated rings. The number of aliphatic hydroxyl groups excluding tert-OH is 1. The maximum Gasteiger partial charge on any atom is 0.410 e. The number of aromatic nitrogens is 3. The maximum atomic E-state index is 14.9. The zero-order valence-corrected chi connectivity index (χ0v) is 21.9. The van der Waals surface area contributed by atoms with Gasteiger partial charge in [0.05, 0.1) is 17.1 Å². The number of halogens is 2. The second-order valence-electron chi connectivity index (χ2n) is 10.4. The number of alkyl halides is 2. The molecule has 1 aromatic carbocycles. The smallest absolute Gasteiger partial charge is 0.410 e. The summed E-state index contributed by atoms with van der Waals surface area (Å²) in [5.41, 5.74) is 2.70. The predicted molar refractivity (Wildman–Crippen MR) is 142 cm³/mol. The van der Waals surface area contributed by atoms with Crippen LogP contribution in [0.1, 0.15) is 33.6 Å². The van der Waals surface area contributed by atoms with Gasteiger partial charge in [-0.2, -0.15) is 0 Å². The molecule has 204 valence electrons. The lowest BCUT2D eigenvalue weighted by Gasteiger charge is -2.38. The van der Waals surface area contributed by atoms with Gasteiger partial charge in [0.1, 0.15) is 11.1 Å². The third-order valence-electron chi connectivity index (χ3n) is 6.22. The van der Waals surface area contributed by atoms with Gasteiger partial charge in [-0.3, -0.25) is 4.98 Å². The normalized spacial score (nSPS) is 17.3. The first-order valence-electron chi connectivity index (χ1n) is 12.7. The SMILES string of the molecule is CC(C)(C)OC(=O)N1CCC(F)(F)C(CNc2nc(-c3ccc(NCCCO)cc3)cc3nccnc23)C1. The average Bonchev–Trinajstić information content (AvgIpc) is 2.87. The minimum atomic E-state index is -2.95. The van der Waals surface area contributed by atoms with Gasteiger partial charge in [0.15, 0.2) is 5.82 Å². The molecule has 0 radical (unpaired) electrons. The van der Waals surface area contributed by atoms with E-state index in [0.29, 0.717) is 35.5 Å². The van der Waals surface area contributed by atoms with Crippen LogP contribution >= 0.6 is 0 Å². The number of carbonyl (C=O) groups excluding carboxylic acids is 1. The number of fused-ring (bicyclic) bond motifs is 1. The van der Waals surface area contributed by atoms with Crippen molar-refractivity contribution in [2.75, 3.05) is 43.4 Å². The lowest BCUT2D eigenvalue weighted by atomic mass is 9.93. The van der Waals surface area contributed by atoms with E-state index in [1.807, 2.05) is 24.3 Å². The predicted octanol–water partition coefficient (Wildman–Crippen LogP) is 4.79. The lowest BCUT2D eigenvalue weighted by Crippen LogP contribution is -2.52. The average molecular weight is 529 g/mol. The van der Waals surface area contributed by atoms with E-state index in [9.17, 15) is 13.6 Å². The summed E-state index contributed by atoms with van der Waals surface area (Å²) in [7, 11) is 0. The first kappa shape index (κ1) is 27.4. The monoisotopic (exact) mass is 528 g/mol. The van der Waals surface area contributed by atoms with Crippen LogP contribution in [0, 0.1) is 5.92 Å². The molecule has 1 unspecified atom stereocenters. The quantitative estimate of drug-likeness (QED) is 0.358. The van der Waals surface area contributed by atoms with E-state index in [4.69, 9.17) is 14.8 Å². The number of piperidine rings is 1. The van der Waals surface area contributed by atoms with Crippen LogP contribution in [-0.2, 0) is 4.74 Å². The topological polar surface area (TPSA) is 112 Å². The molecule has 1 aliphatic heterocycles. The number of nitrogens with one attached hydrogen (secondary N) is 2. The molecule has 0 aliphatic carbocycles. The molecular weight excluding hydrogens is 494 g/mol. The molecule has 4 rings (SSSR count). The van der Waals surface area contributed by atoms with E-state index in [1.54, 1.807) is 33.0 Å². The lowest BCUT2D eigenvalue weighted by molar-refractivity contribution is -0.100. The molecule has 1 saturated heterocycles. The van der Waals surface area contributed by atoms with Crippen LogP contribution in [0.4, 0.5) is 25.1 Å². The van der Waals surface area contributed by atoms with Gasteiger partial charge in [-0.15, -0.1) is 0 Å². The largest absolute Gasteiger partial charge is 0.444 e. The van der Waals surface area contributed by atoms with Gasteiger partial charge in [0, 0.05) is 62.9 Å². The van der Waals surface area contributed by atoms with Crippen molar-refractivity contribution < 1.29 is 23.4 Å². The number of anilines is 2. The number of benzene rings is 1. The van der Waals surface area contributed by atoms with Crippen LogP contribution in [0.15, 0.2) is 42.7 Å². The number of aliphatic hydroxyl groups is 1. The number of ether oxygens (including phenoxy) is 1. The Labute approximate surface area is 220 Å². The molecular formula is C27H34F2N6O3. The molecule has 0 saturated carbocycles. The second kappa shape index (κ2) is 11.4. The highest BCUT2D eigenvalue weighted by molar-refractivity contribution is 5.88. The van der Waals surface area contributed by atoms with Gasteiger partial charge >= 0.3 is 6.09 Å². The van der Waals surface area contributed by atoms with Crippen LogP contribution in [0.25, 0.3) is 22.3 Å². The Morgan fingerprint density at radius 2 is 1.92 bits per heavy atom. The van der Waals surface area contributed by atoms with Crippen molar-refractivity contribution in [2.45, 2.75) is 45.1 Å². The van der Waals surface area contributed by atoms with Crippen molar-refractivity contribution in [3.05, 3.63) is 42.7 Å². The Hall–Kier alpha value is -3.60. The van der Waals surface area contributed by atoms with E-state index in [2.05, 4.69) is 20.6 Å². The summed E-state index contributed by atoms with van der Waals surface area (Å²) in [6, 6.07) is 9.45. The fourth-order valence-corrected chi connectivity index (χ4v) is 4.22. The molecule has 11 heteroatoms. The summed E-state index contributed by atoms with van der Waals surface area (Å²) in [6.45, 7) is 5.70. The maximum absolute atomic E-state index is 14.9. The summed E-state index contributed by atoms with van der Waals surface area (Å²) in [4.78, 5) is 27.3. The van der Waals surface area contributed by atoms with Gasteiger partial charge in [-0.1, -0.05) is 12.1 Å². The van der Waals surface area contributed by atoms with Crippen LogP contribution in [0.2, 0.25) is 0 Å². The fourth-order valence-electron chi connectivity index (χ4n) is 4.22. The van der Waals surface area contributed by atoms with Gasteiger partial charge in [-0.25, -0.2) is 23.5 Å². The van der Waals surface area contributed by atoms with E-state index < -0.39 is 30.0 Å². The van der Waals surface area contributed by atoms with Crippen molar-refractivity contribution in [1.82, 2.24) is 19.9 Å². The fraction of sp³-hybridized carbons (Fsp3) is 0.481. The van der Waals surface area contributed by atoms with Crippen LogP contribution in [-0.4, -0.2) is 75.4 Å². The Morgan fingerprint density at radius 3 is 2.63 bits per heavy atom. The molecule has 2 aromatic heterocycles. The number of rotatable bonds is 8. The molecule has 9 nitrogen and oxygen atoms in total. The highest BCUT2D eigenvalue weighted by Crippen LogP contribution is 2.35. The molecule has 3 heterocycles. The van der Waals surface area contributed by atoms with Crippen LogP contribution in [0.3, 0.4) is 0 Å². The van der Waals surface area contributed by atoms with Crippen molar-refractivity contribution >= 4 is 28.6 Å². The van der Waals surface area contributed by atoms with Gasteiger partial charge in [0.2, 0.25) is 0 Å². The molecule has 3 aromatic rings. The van der Waals surface area contributed by atoms with E-state index >= 15 is 0 Å². The van der Waals surface area contributed by atoms with E-state index in [1.165, 1.54) is 11.1 Å². The Morgan fingerprint density at radius 1 is 1.18 bits per heavy atom. The van der Waals surface area contributed by atoms with E-state index in [0.717, 1.165) is 11.3 Å². The highest BCUT2D eigenvalue weighted by Gasteiger charge is 2.45. The Bertz CT molecular complexity index is 1250. The molecule has 1 amide bonds. The number of pyridine rings is 1. The zero-order valence-electron chi connectivity index (χ0n) is 21.9. The van der Waals surface area contributed by atoms with Crippen molar-refractivity contribution in [3.63, 3.8) is 0 Å². The van der Waals surface area contributed by atoms with Crippen molar-refractivity contribution in [2.24, 2.45) is 5.92 Å². The number of hydrogen-bond donors (Lipinski definition) is 3. The number of likely N-dealkylation sites (tertiary alicyclic amines) is 1. The van der Waals surface area contributed by atoms with E-state index in [-0.39, 0.29) is 26.2 Å². The minimum Gasteiger partial charge on any atom is -0.444 e. The van der Waals surface area contributed by atoms with Crippen molar-refractivity contribution in [3.8, 4) is 11.3 Å². The third-order valence-corrected chi connectivity index (χ3v) is 6.22. The first-order valence-corrected chi connectivity index (χ1v) is 12.7. The summed E-state index contributed by atoms with van der Waals surface area (Å²) in [5, 5.41) is 15.3. The van der Waals surface area contributed by atoms with Crippen LogP contribution in [0.5, 0.6) is 0 Å². The van der Waals surface area contributed by atoms with Crippen molar-refractivity contribution in [1.29, 1.82) is 0 Å². The third kappa shape index (κ3) is 6.83. The highest BCUT2D eigenvalue weighted by atomic mass is 19.3. The summed E-state index contributed by atoms with van der Waals surface area (Å²) >= 11 is 0. The molecule has 3 N–H and O–H groups in total. The summed E-state index contributed by atoms with van der Waals surface area (Å²) in [6.07, 6.45) is 2.71. The zero-order chi connectivity index (χ0) is 27.3. The number of amides is 1. The Balaban J connectivity index is 1.53. The molecule has 1 aliphatic rings. The number of nitrogens with zero attached hydrogens (tertiary/aromatic N) is 4. The van der Waals surface area contributed by atoms with Gasteiger partial charge < -0.3 is 25.4 Å². The van der Waals surface area contributed by atoms with Gasteiger partial charge in [-0.05, 0) is 45.4 Å². The molecule has 1 atom stereocenters. The molecule has 38 heavy (non-hydrogen) atoms. The number of carbonyl (C=O) groups is 1. The molecule has 0 spiro atoms. The second-order valence-corrected chi connectivity index (χ2v) is 10.4. The minimum absolute atomic E-state index is 0.0641. The van der Waals surface area contributed by atoms with Gasteiger partial charge in [0.25, 0.3) is 5.92 Å². The standard InChI is InChI=1S/C27H34F2N6O3/c1-26(2,3)38-25(37)35-13-9-27(28,29)19(17-35)16-33-24-23-22(31-11-12-32-23)15-21(34-24)18-5-7-20(8-6-18)30-10-4-14-36/h5-8,11-12,15,19,30,36H,4,9-10,13-14,16-17H2,1-3H3,(H,33,34). The molecule has 0 bridgehead atoms. The Kier molecular flexibility index (Phi) is 8.25. The summed E-state index contributed by atoms with van der Waals surface area (Å²) < 4.78 is 35.1. The van der Waals surface area contributed by atoms with Crippen LogP contribution < -0.4 is 10.6 Å².